The number of carbonyl (C=O) groups is 1. The number of nitrogens with zero attached hydrogens (tertiary/aromatic N) is 5. The summed E-state index contributed by atoms with van der Waals surface area (Å²) in [6.45, 7) is 5.17. The molecule has 0 aliphatic heterocycles. The van der Waals surface area contributed by atoms with E-state index in [-0.39, 0.29) is 22.0 Å². The maximum Gasteiger partial charge on any atom is 0.433 e. The third-order valence-corrected chi connectivity index (χ3v) is 6.89. The maximum atomic E-state index is 15.5. The molecule has 9 nitrogen and oxygen atoms in total. The van der Waals surface area contributed by atoms with Gasteiger partial charge in [0.2, 0.25) is 0 Å². The summed E-state index contributed by atoms with van der Waals surface area (Å²) in [6, 6.07) is 10.6. The molecule has 0 saturated heterocycles. The zero-order valence-electron chi connectivity index (χ0n) is 22.9. The smallest absolute Gasteiger partial charge is 0.421 e. The van der Waals surface area contributed by atoms with Crippen molar-refractivity contribution in [3.63, 3.8) is 0 Å². The SMILES string of the molecule is C=C(C)C(=O)Nc1ccc(-c2c(-c3ccc(Oc4nccc(C(F)(F)F)n4)c(F)c3)c3c(N)ncc(C#N)c3n2C)c(Cl)c1. The fourth-order valence-electron chi connectivity index (χ4n) is 4.59. The van der Waals surface area contributed by atoms with Gasteiger partial charge in [-0.05, 0) is 48.9 Å². The number of nitrogen functional groups attached to an aromatic ring is 1. The highest BCUT2D eigenvalue weighted by Gasteiger charge is 2.33. The molecular weight excluding hydrogens is 602 g/mol. The van der Waals surface area contributed by atoms with Gasteiger partial charge in [-0.1, -0.05) is 24.2 Å². The van der Waals surface area contributed by atoms with Gasteiger partial charge in [-0.25, -0.2) is 14.4 Å². The van der Waals surface area contributed by atoms with Crippen LogP contribution in [0, 0.1) is 17.1 Å². The van der Waals surface area contributed by atoms with E-state index in [0.717, 1.165) is 12.3 Å². The number of hydrogen-bond donors (Lipinski definition) is 2. The molecule has 0 aliphatic rings. The number of pyridine rings is 1. The molecule has 0 bridgehead atoms. The van der Waals surface area contributed by atoms with Crippen LogP contribution in [0.3, 0.4) is 0 Å². The fourth-order valence-corrected chi connectivity index (χ4v) is 4.86. The number of nitrogens with one attached hydrogen (secondary N) is 1. The molecule has 0 unspecified atom stereocenters. The van der Waals surface area contributed by atoms with Crippen LogP contribution in [0.4, 0.5) is 29.1 Å². The molecule has 3 aromatic heterocycles. The highest BCUT2D eigenvalue weighted by atomic mass is 35.5. The number of carbonyl (C=O) groups excluding carboxylic acids is 1. The van der Waals surface area contributed by atoms with E-state index in [1.54, 1.807) is 30.7 Å². The first-order chi connectivity index (χ1) is 20.8. The van der Waals surface area contributed by atoms with Crippen molar-refractivity contribution in [3.05, 3.63) is 89.1 Å². The molecule has 0 fully saturated rings. The summed E-state index contributed by atoms with van der Waals surface area (Å²) >= 11 is 6.70. The molecule has 1 amide bonds. The van der Waals surface area contributed by atoms with Crippen LogP contribution in [-0.2, 0) is 18.0 Å². The summed E-state index contributed by atoms with van der Waals surface area (Å²) in [7, 11) is 1.67. The van der Waals surface area contributed by atoms with Crippen molar-refractivity contribution >= 4 is 39.9 Å². The molecule has 0 atom stereocenters. The topological polar surface area (TPSA) is 132 Å². The van der Waals surface area contributed by atoms with Gasteiger partial charge in [0.05, 0.1) is 27.2 Å². The number of aryl methyl sites for hydroxylation is 1. The molecule has 0 radical (unpaired) electrons. The molecule has 0 aliphatic carbocycles. The van der Waals surface area contributed by atoms with Crippen LogP contribution in [-0.4, -0.2) is 25.4 Å². The van der Waals surface area contributed by atoms with E-state index in [4.69, 9.17) is 22.1 Å². The number of ether oxygens (including phenoxy) is 1. The van der Waals surface area contributed by atoms with Gasteiger partial charge in [0.25, 0.3) is 5.91 Å². The monoisotopic (exact) mass is 621 g/mol. The van der Waals surface area contributed by atoms with Gasteiger partial charge >= 0.3 is 12.2 Å². The van der Waals surface area contributed by atoms with Crippen molar-refractivity contribution in [2.24, 2.45) is 7.05 Å². The Bertz CT molecular complexity index is 2030. The van der Waals surface area contributed by atoms with Crippen molar-refractivity contribution in [1.29, 1.82) is 5.26 Å². The van der Waals surface area contributed by atoms with Gasteiger partial charge in [0.1, 0.15) is 11.9 Å². The largest absolute Gasteiger partial charge is 0.433 e. The van der Waals surface area contributed by atoms with Gasteiger partial charge < -0.3 is 20.4 Å². The van der Waals surface area contributed by atoms with Crippen molar-refractivity contribution in [1.82, 2.24) is 19.5 Å². The van der Waals surface area contributed by atoms with Gasteiger partial charge in [0.15, 0.2) is 17.3 Å². The van der Waals surface area contributed by atoms with Crippen molar-refractivity contribution < 1.29 is 27.1 Å². The van der Waals surface area contributed by atoms with E-state index in [2.05, 4.69) is 32.9 Å². The number of benzene rings is 2. The lowest BCUT2D eigenvalue weighted by Crippen LogP contribution is -2.11. The van der Waals surface area contributed by atoms with Crippen molar-refractivity contribution in [2.75, 3.05) is 11.1 Å². The highest BCUT2D eigenvalue weighted by Crippen LogP contribution is 2.46. The van der Waals surface area contributed by atoms with Gasteiger partial charge in [0, 0.05) is 41.8 Å². The predicted octanol–water partition coefficient (Wildman–Crippen LogP) is 7.27. The average molecular weight is 622 g/mol. The molecule has 222 valence electrons. The third-order valence-electron chi connectivity index (χ3n) is 6.57. The zero-order chi connectivity index (χ0) is 31.9. The summed E-state index contributed by atoms with van der Waals surface area (Å²) in [6.07, 6.45) is -2.59. The third kappa shape index (κ3) is 5.50. The first-order valence-corrected chi connectivity index (χ1v) is 13.0. The summed E-state index contributed by atoms with van der Waals surface area (Å²) in [5.41, 5.74) is 7.85. The number of halogens is 5. The van der Waals surface area contributed by atoms with Crippen LogP contribution < -0.4 is 15.8 Å². The van der Waals surface area contributed by atoms with E-state index >= 15 is 4.39 Å². The van der Waals surface area contributed by atoms with Crippen LogP contribution in [0.1, 0.15) is 18.2 Å². The Labute approximate surface area is 252 Å². The molecule has 0 saturated carbocycles. The van der Waals surface area contributed by atoms with Crippen LogP contribution in [0.5, 0.6) is 11.8 Å². The number of aromatic nitrogens is 4. The van der Waals surface area contributed by atoms with Crippen LogP contribution in [0.2, 0.25) is 5.02 Å². The minimum Gasteiger partial charge on any atom is -0.421 e. The lowest BCUT2D eigenvalue weighted by molar-refractivity contribution is -0.141. The van der Waals surface area contributed by atoms with Crippen LogP contribution in [0.25, 0.3) is 33.3 Å². The quantitative estimate of drug-likeness (QED) is 0.150. The summed E-state index contributed by atoms with van der Waals surface area (Å²) < 4.78 is 61.6. The Morgan fingerprint density at radius 3 is 2.57 bits per heavy atom. The number of alkyl halides is 3. The molecule has 2 aromatic carbocycles. The molecule has 44 heavy (non-hydrogen) atoms. The minimum atomic E-state index is -4.75. The normalized spacial score (nSPS) is 11.3. The lowest BCUT2D eigenvalue weighted by Gasteiger charge is -2.14. The first kappa shape index (κ1) is 30.0. The summed E-state index contributed by atoms with van der Waals surface area (Å²) in [5, 5.41) is 13.1. The number of amides is 1. The Morgan fingerprint density at radius 2 is 1.93 bits per heavy atom. The molecular formula is C30H20ClF4N7O2. The summed E-state index contributed by atoms with van der Waals surface area (Å²) in [5.74, 6) is -1.73. The fraction of sp³-hybridized carbons (Fsp3) is 0.100. The standard InChI is InChI=1S/C30H20ClF4N7O2/c1-14(2)28(43)40-17-5-6-18(19(31)11-17)26-23(24-25(42(26)3)16(12-36)13-39-27(24)37)15-4-7-21(20(32)10-15)44-29-38-9-8-22(41-29)30(33,34)35/h4-11,13H,1H2,2-3H3,(H2,37,39)(H,40,43). The Kier molecular flexibility index (Phi) is 7.71. The van der Waals surface area contributed by atoms with Crippen LogP contribution in [0.15, 0.2) is 67.0 Å². The first-order valence-electron chi connectivity index (χ1n) is 12.6. The molecule has 14 heteroatoms. The maximum absolute atomic E-state index is 15.5. The Morgan fingerprint density at radius 1 is 1.18 bits per heavy atom. The highest BCUT2D eigenvalue weighted by molar-refractivity contribution is 6.34. The second-order valence-electron chi connectivity index (χ2n) is 9.57. The van der Waals surface area contributed by atoms with E-state index in [9.17, 15) is 23.2 Å². The van der Waals surface area contributed by atoms with Gasteiger partial charge in [-0.3, -0.25) is 4.79 Å². The second-order valence-corrected chi connectivity index (χ2v) is 9.98. The molecule has 5 aromatic rings. The van der Waals surface area contributed by atoms with Gasteiger partial charge in [-0.15, -0.1) is 0 Å². The number of nitriles is 1. The number of rotatable bonds is 6. The number of hydrogen-bond acceptors (Lipinski definition) is 7. The Balaban J connectivity index is 1.67. The zero-order valence-corrected chi connectivity index (χ0v) is 23.7. The second kappa shape index (κ2) is 11.3. The molecule has 3 heterocycles. The van der Waals surface area contributed by atoms with Crippen molar-refractivity contribution in [2.45, 2.75) is 13.1 Å². The minimum absolute atomic E-state index is 0.0513. The van der Waals surface area contributed by atoms with E-state index in [0.29, 0.717) is 45.1 Å². The number of nitrogens with two attached hydrogens (primary N) is 1. The van der Waals surface area contributed by atoms with Crippen LogP contribution >= 0.6 is 11.6 Å². The van der Waals surface area contributed by atoms with E-state index < -0.39 is 35.4 Å². The average Bonchev–Trinajstić information content (AvgIpc) is 3.27. The van der Waals surface area contributed by atoms with E-state index in [1.165, 1.54) is 24.4 Å². The molecule has 3 N–H and O–H groups in total. The number of fused-ring (bicyclic) bond motifs is 1. The van der Waals surface area contributed by atoms with Crippen molar-refractivity contribution in [3.8, 4) is 40.2 Å². The Hall–Kier alpha value is -5.48. The van der Waals surface area contributed by atoms with Gasteiger partial charge in [-0.2, -0.15) is 23.4 Å². The summed E-state index contributed by atoms with van der Waals surface area (Å²) in [4.78, 5) is 23.2. The molecule has 5 rings (SSSR count). The van der Waals surface area contributed by atoms with E-state index in [1.807, 2.05) is 0 Å². The lowest BCUT2D eigenvalue weighted by atomic mass is 9.97. The predicted molar refractivity (Wildman–Crippen MR) is 156 cm³/mol. The number of anilines is 2. The molecule has 0 spiro atoms.